The molecule has 0 fully saturated rings. The summed E-state index contributed by atoms with van der Waals surface area (Å²) in [5.74, 6) is -0.126. The lowest BCUT2D eigenvalue weighted by atomic mass is 10.2. The molecule has 1 N–H and O–H groups in total. The summed E-state index contributed by atoms with van der Waals surface area (Å²) in [6, 6.07) is 6.94. The molecule has 0 aliphatic carbocycles. The molecule has 0 unspecified atom stereocenters. The number of likely N-dealkylation sites (N-methyl/N-ethyl adjacent to an activating group) is 1. The molecule has 108 valence electrons. The molecule has 0 saturated heterocycles. The lowest BCUT2D eigenvalue weighted by Gasteiger charge is -2.17. The van der Waals surface area contributed by atoms with Gasteiger partial charge in [-0.3, -0.25) is 0 Å². The molecular weight excluding hydrogens is 243 g/mol. The minimum absolute atomic E-state index is 0.126. The number of ether oxygens (including phenoxy) is 1. The maximum Gasteiger partial charge on any atom is 0.127 e. The first kappa shape index (κ1) is 16.1. The molecule has 0 aliphatic rings. The SMILES string of the molecule is CCOCCCNCCN(C)Cc1ccccc1F. The molecule has 1 aromatic carbocycles. The van der Waals surface area contributed by atoms with Crippen molar-refractivity contribution in [2.75, 3.05) is 39.9 Å². The minimum atomic E-state index is -0.126. The standard InChI is InChI=1S/C15H25FN2O/c1-3-19-12-6-9-17-10-11-18(2)13-14-7-4-5-8-15(14)16/h4-5,7-8,17H,3,6,9-13H2,1-2H3. The lowest BCUT2D eigenvalue weighted by molar-refractivity contribution is 0.144. The normalized spacial score (nSPS) is 11.2. The summed E-state index contributed by atoms with van der Waals surface area (Å²) < 4.78 is 18.7. The zero-order valence-electron chi connectivity index (χ0n) is 12.0. The average molecular weight is 268 g/mol. The Kier molecular flexibility index (Phi) is 8.38. The summed E-state index contributed by atoms with van der Waals surface area (Å²) in [4.78, 5) is 2.12. The fourth-order valence-corrected chi connectivity index (χ4v) is 1.83. The number of benzene rings is 1. The van der Waals surface area contributed by atoms with Gasteiger partial charge in [0.05, 0.1) is 0 Å². The third kappa shape index (κ3) is 7.25. The van der Waals surface area contributed by atoms with E-state index >= 15 is 0 Å². The second kappa shape index (κ2) is 9.89. The highest BCUT2D eigenvalue weighted by Gasteiger charge is 2.04. The maximum atomic E-state index is 13.5. The number of hydrogen-bond acceptors (Lipinski definition) is 3. The van der Waals surface area contributed by atoms with Crippen LogP contribution in [0.2, 0.25) is 0 Å². The van der Waals surface area contributed by atoms with Gasteiger partial charge in [-0.05, 0) is 33.0 Å². The van der Waals surface area contributed by atoms with Crippen LogP contribution in [0, 0.1) is 5.82 Å². The van der Waals surface area contributed by atoms with Crippen molar-refractivity contribution in [2.45, 2.75) is 19.9 Å². The molecule has 0 bridgehead atoms. The van der Waals surface area contributed by atoms with Crippen LogP contribution in [-0.4, -0.2) is 44.8 Å². The first-order chi connectivity index (χ1) is 9.24. The highest BCUT2D eigenvalue weighted by Crippen LogP contribution is 2.08. The van der Waals surface area contributed by atoms with Crippen LogP contribution in [0.4, 0.5) is 4.39 Å². The molecule has 0 amide bonds. The molecule has 0 saturated carbocycles. The Bertz CT molecular complexity index is 347. The number of halogens is 1. The molecule has 0 atom stereocenters. The van der Waals surface area contributed by atoms with Crippen molar-refractivity contribution in [2.24, 2.45) is 0 Å². The first-order valence-corrected chi connectivity index (χ1v) is 6.94. The van der Waals surface area contributed by atoms with Gasteiger partial charge in [-0.15, -0.1) is 0 Å². The molecule has 0 aromatic heterocycles. The molecule has 0 radical (unpaired) electrons. The quantitative estimate of drug-likeness (QED) is 0.659. The second-order valence-electron chi connectivity index (χ2n) is 4.63. The number of hydrogen-bond donors (Lipinski definition) is 1. The number of nitrogens with zero attached hydrogens (tertiary/aromatic N) is 1. The molecular formula is C15H25FN2O. The van der Waals surface area contributed by atoms with Crippen molar-refractivity contribution in [3.8, 4) is 0 Å². The van der Waals surface area contributed by atoms with Gasteiger partial charge in [0.2, 0.25) is 0 Å². The third-order valence-corrected chi connectivity index (χ3v) is 2.91. The van der Waals surface area contributed by atoms with Crippen molar-refractivity contribution in [3.63, 3.8) is 0 Å². The molecule has 1 rings (SSSR count). The van der Waals surface area contributed by atoms with Gasteiger partial charge in [0.25, 0.3) is 0 Å². The van der Waals surface area contributed by atoms with Crippen LogP contribution in [0.15, 0.2) is 24.3 Å². The van der Waals surface area contributed by atoms with Gasteiger partial charge in [0, 0.05) is 38.4 Å². The Morgan fingerprint density at radius 1 is 1.26 bits per heavy atom. The van der Waals surface area contributed by atoms with Crippen LogP contribution in [0.3, 0.4) is 0 Å². The van der Waals surface area contributed by atoms with E-state index in [0.717, 1.165) is 44.8 Å². The molecule has 3 nitrogen and oxygen atoms in total. The van der Waals surface area contributed by atoms with E-state index in [9.17, 15) is 4.39 Å². The fraction of sp³-hybridized carbons (Fsp3) is 0.600. The predicted octanol–water partition coefficient (Wildman–Crippen LogP) is 2.27. The molecule has 0 aliphatic heterocycles. The molecule has 4 heteroatoms. The highest BCUT2D eigenvalue weighted by molar-refractivity contribution is 5.16. The van der Waals surface area contributed by atoms with Gasteiger partial charge in [0.1, 0.15) is 5.82 Å². The van der Waals surface area contributed by atoms with Crippen molar-refractivity contribution in [3.05, 3.63) is 35.6 Å². The molecule has 0 spiro atoms. The summed E-state index contributed by atoms with van der Waals surface area (Å²) in [7, 11) is 2.01. The summed E-state index contributed by atoms with van der Waals surface area (Å²) in [5.41, 5.74) is 0.751. The monoisotopic (exact) mass is 268 g/mol. The van der Waals surface area contributed by atoms with Crippen LogP contribution < -0.4 is 5.32 Å². The van der Waals surface area contributed by atoms with Crippen molar-refractivity contribution < 1.29 is 9.13 Å². The van der Waals surface area contributed by atoms with Gasteiger partial charge in [0.15, 0.2) is 0 Å². The first-order valence-electron chi connectivity index (χ1n) is 6.94. The third-order valence-electron chi connectivity index (χ3n) is 2.91. The topological polar surface area (TPSA) is 24.5 Å². The van der Waals surface area contributed by atoms with Crippen molar-refractivity contribution >= 4 is 0 Å². The van der Waals surface area contributed by atoms with Gasteiger partial charge in [-0.25, -0.2) is 4.39 Å². The van der Waals surface area contributed by atoms with Gasteiger partial charge < -0.3 is 15.0 Å². The van der Waals surface area contributed by atoms with Crippen LogP contribution in [0.1, 0.15) is 18.9 Å². The highest BCUT2D eigenvalue weighted by atomic mass is 19.1. The zero-order chi connectivity index (χ0) is 13.9. The molecule has 19 heavy (non-hydrogen) atoms. The van der Waals surface area contributed by atoms with E-state index in [2.05, 4.69) is 10.2 Å². The van der Waals surface area contributed by atoms with Crippen molar-refractivity contribution in [1.29, 1.82) is 0 Å². The van der Waals surface area contributed by atoms with E-state index in [0.29, 0.717) is 6.54 Å². The summed E-state index contributed by atoms with van der Waals surface area (Å²) in [6.07, 6.45) is 1.03. The van der Waals surface area contributed by atoms with Crippen LogP contribution in [-0.2, 0) is 11.3 Å². The van der Waals surface area contributed by atoms with Gasteiger partial charge in [-0.2, -0.15) is 0 Å². The average Bonchev–Trinajstić information content (AvgIpc) is 2.40. The van der Waals surface area contributed by atoms with E-state index in [1.54, 1.807) is 6.07 Å². The Hall–Kier alpha value is -0.970. The Labute approximate surface area is 115 Å². The zero-order valence-corrected chi connectivity index (χ0v) is 12.0. The summed E-state index contributed by atoms with van der Waals surface area (Å²) in [6.45, 7) is 7.03. The predicted molar refractivity (Wildman–Crippen MR) is 76.7 cm³/mol. The van der Waals surface area contributed by atoms with Crippen LogP contribution in [0.25, 0.3) is 0 Å². The Morgan fingerprint density at radius 2 is 2.05 bits per heavy atom. The van der Waals surface area contributed by atoms with E-state index in [1.807, 2.05) is 26.1 Å². The second-order valence-corrected chi connectivity index (χ2v) is 4.63. The smallest absolute Gasteiger partial charge is 0.127 e. The van der Waals surface area contributed by atoms with Crippen LogP contribution >= 0.6 is 0 Å². The maximum absolute atomic E-state index is 13.5. The van der Waals surface area contributed by atoms with Crippen LogP contribution in [0.5, 0.6) is 0 Å². The molecule has 0 heterocycles. The van der Waals surface area contributed by atoms with E-state index < -0.39 is 0 Å². The Balaban J connectivity index is 2.08. The van der Waals surface area contributed by atoms with Crippen molar-refractivity contribution in [1.82, 2.24) is 10.2 Å². The molecule has 1 aromatic rings. The Morgan fingerprint density at radius 3 is 2.79 bits per heavy atom. The number of rotatable bonds is 10. The van der Waals surface area contributed by atoms with E-state index in [1.165, 1.54) is 6.07 Å². The van der Waals surface area contributed by atoms with Gasteiger partial charge in [-0.1, -0.05) is 18.2 Å². The largest absolute Gasteiger partial charge is 0.382 e. The minimum Gasteiger partial charge on any atom is -0.382 e. The lowest BCUT2D eigenvalue weighted by Crippen LogP contribution is -2.30. The summed E-state index contributed by atoms with van der Waals surface area (Å²) in [5, 5.41) is 3.36. The van der Waals surface area contributed by atoms with E-state index in [4.69, 9.17) is 4.74 Å². The number of nitrogens with one attached hydrogen (secondary N) is 1. The van der Waals surface area contributed by atoms with Gasteiger partial charge >= 0.3 is 0 Å². The van der Waals surface area contributed by atoms with E-state index in [-0.39, 0.29) is 5.82 Å². The fourth-order valence-electron chi connectivity index (χ4n) is 1.83. The summed E-state index contributed by atoms with van der Waals surface area (Å²) >= 11 is 0.